The van der Waals surface area contributed by atoms with E-state index in [1.165, 1.54) is 110 Å². The van der Waals surface area contributed by atoms with Gasteiger partial charge < -0.3 is 0 Å². The minimum atomic E-state index is 1.21. The molecule has 0 heteroatoms. The van der Waals surface area contributed by atoms with Gasteiger partial charge in [0.2, 0.25) is 0 Å². The fraction of sp³-hybridized carbons (Fsp3) is 0. The first-order valence-electron chi connectivity index (χ1n) is 20.7. The molecule has 0 atom stereocenters. The van der Waals surface area contributed by atoms with Crippen LogP contribution in [0.2, 0.25) is 0 Å². The van der Waals surface area contributed by atoms with Crippen LogP contribution in [-0.2, 0) is 0 Å². The van der Waals surface area contributed by atoms with Gasteiger partial charge in [0.05, 0.1) is 0 Å². The molecule has 0 spiro atoms. The molecule has 0 N–H and O–H groups in total. The molecule has 0 aromatic heterocycles. The van der Waals surface area contributed by atoms with Gasteiger partial charge in [-0.1, -0.05) is 218 Å². The quantitative estimate of drug-likeness (QED) is 0.152. The predicted octanol–water partition coefficient (Wildman–Crippen LogP) is 16.8. The second-order valence-corrected chi connectivity index (χ2v) is 15.7. The molecule has 11 rings (SSSR count). The van der Waals surface area contributed by atoms with E-state index in [0.717, 1.165) is 0 Å². The van der Waals surface area contributed by atoms with Gasteiger partial charge in [0.1, 0.15) is 0 Å². The molecule has 0 nitrogen and oxygen atoms in total. The summed E-state index contributed by atoms with van der Waals surface area (Å²) in [7, 11) is 0. The van der Waals surface area contributed by atoms with Gasteiger partial charge in [0, 0.05) is 0 Å². The van der Waals surface area contributed by atoms with Crippen LogP contribution in [0, 0.1) is 0 Å². The number of rotatable bonds is 7. The van der Waals surface area contributed by atoms with Gasteiger partial charge in [-0.25, -0.2) is 0 Å². The Balaban J connectivity index is 0.942. The van der Waals surface area contributed by atoms with Crippen molar-refractivity contribution >= 4 is 32.3 Å². The van der Waals surface area contributed by atoms with Crippen molar-refractivity contribution in [1.82, 2.24) is 0 Å². The highest BCUT2D eigenvalue weighted by Crippen LogP contribution is 2.45. The number of hydrogen-bond acceptors (Lipinski definition) is 0. The van der Waals surface area contributed by atoms with Crippen LogP contribution in [0.25, 0.3) is 110 Å². The van der Waals surface area contributed by atoms with Crippen molar-refractivity contribution in [2.45, 2.75) is 0 Å². The molecular formula is C60H40. The highest BCUT2D eigenvalue weighted by molar-refractivity contribution is 6.13. The number of benzene rings is 11. The zero-order valence-electron chi connectivity index (χ0n) is 33.1. The second-order valence-electron chi connectivity index (χ2n) is 15.7. The smallest absolute Gasteiger partial charge is 0.00266 e. The van der Waals surface area contributed by atoms with Gasteiger partial charge in [-0.2, -0.15) is 0 Å². The number of hydrogen-bond donors (Lipinski definition) is 0. The fourth-order valence-electron chi connectivity index (χ4n) is 9.02. The molecule has 0 aliphatic carbocycles. The summed E-state index contributed by atoms with van der Waals surface area (Å²) in [4.78, 5) is 0. The van der Waals surface area contributed by atoms with E-state index in [1.807, 2.05) is 0 Å². The van der Waals surface area contributed by atoms with E-state index in [2.05, 4.69) is 243 Å². The topological polar surface area (TPSA) is 0 Å². The lowest BCUT2D eigenvalue weighted by molar-refractivity contribution is 1.59. The molecule has 0 unspecified atom stereocenters. The Hall–Kier alpha value is -7.80. The summed E-state index contributed by atoms with van der Waals surface area (Å²) in [5, 5.41) is 7.45. The Labute approximate surface area is 351 Å². The van der Waals surface area contributed by atoms with Gasteiger partial charge in [-0.15, -0.1) is 0 Å². The molecule has 0 fully saturated rings. The van der Waals surface area contributed by atoms with E-state index in [1.54, 1.807) is 0 Å². The summed E-state index contributed by atoms with van der Waals surface area (Å²) in [6.45, 7) is 0. The highest BCUT2D eigenvalue weighted by Gasteiger charge is 2.18. The molecule has 0 saturated carbocycles. The zero-order valence-corrected chi connectivity index (χ0v) is 33.1. The largest absolute Gasteiger partial charge is 0.0622 e. The van der Waals surface area contributed by atoms with Crippen molar-refractivity contribution in [3.63, 3.8) is 0 Å². The second kappa shape index (κ2) is 15.2. The normalized spacial score (nSPS) is 11.3. The summed E-state index contributed by atoms with van der Waals surface area (Å²) in [5.41, 5.74) is 17.2. The minimum absolute atomic E-state index is 1.21. The lowest BCUT2D eigenvalue weighted by Gasteiger charge is -2.19. The molecule has 0 amide bonds. The first-order chi connectivity index (χ1) is 29.7. The van der Waals surface area contributed by atoms with Gasteiger partial charge in [0.25, 0.3) is 0 Å². The van der Waals surface area contributed by atoms with E-state index in [0.29, 0.717) is 0 Å². The van der Waals surface area contributed by atoms with Gasteiger partial charge in [-0.3, -0.25) is 0 Å². The monoisotopic (exact) mass is 760 g/mol. The molecule has 60 heavy (non-hydrogen) atoms. The van der Waals surface area contributed by atoms with Crippen LogP contribution in [0.15, 0.2) is 243 Å². The molecule has 0 saturated heterocycles. The fourth-order valence-corrected chi connectivity index (χ4v) is 9.02. The van der Waals surface area contributed by atoms with E-state index >= 15 is 0 Å². The van der Waals surface area contributed by atoms with Gasteiger partial charge >= 0.3 is 0 Å². The Morgan fingerprint density at radius 3 is 0.850 bits per heavy atom. The predicted molar refractivity (Wildman–Crippen MR) is 257 cm³/mol. The van der Waals surface area contributed by atoms with E-state index < -0.39 is 0 Å². The lowest BCUT2D eigenvalue weighted by atomic mass is 9.84. The van der Waals surface area contributed by atoms with Crippen molar-refractivity contribution in [3.8, 4) is 77.9 Å². The van der Waals surface area contributed by atoms with Crippen LogP contribution in [0.1, 0.15) is 0 Å². The van der Waals surface area contributed by atoms with Crippen LogP contribution in [0.3, 0.4) is 0 Å². The van der Waals surface area contributed by atoms with Crippen molar-refractivity contribution in [3.05, 3.63) is 243 Å². The molecule has 280 valence electrons. The van der Waals surface area contributed by atoms with Crippen molar-refractivity contribution in [2.75, 3.05) is 0 Å². The zero-order chi connectivity index (χ0) is 39.8. The summed E-state index contributed by atoms with van der Waals surface area (Å²) in [5.74, 6) is 0. The average Bonchev–Trinajstić information content (AvgIpc) is 3.33. The molecule has 0 bridgehead atoms. The molecule has 0 aliphatic heterocycles. The van der Waals surface area contributed by atoms with E-state index in [4.69, 9.17) is 0 Å². The average molecular weight is 761 g/mol. The first-order valence-corrected chi connectivity index (χ1v) is 20.7. The molecule has 0 aliphatic rings. The third-order valence-electron chi connectivity index (χ3n) is 12.1. The summed E-state index contributed by atoms with van der Waals surface area (Å²) >= 11 is 0. The molecule has 0 radical (unpaired) electrons. The molecule has 0 heterocycles. The molecule has 11 aromatic rings. The van der Waals surface area contributed by atoms with Crippen molar-refractivity contribution in [1.29, 1.82) is 0 Å². The van der Waals surface area contributed by atoms with Crippen molar-refractivity contribution in [2.24, 2.45) is 0 Å². The van der Waals surface area contributed by atoms with Crippen LogP contribution in [0.5, 0.6) is 0 Å². The minimum Gasteiger partial charge on any atom is -0.0622 e. The summed E-state index contributed by atoms with van der Waals surface area (Å²) in [6, 6.07) is 88.7. The Kier molecular flexibility index (Phi) is 8.95. The Bertz CT molecular complexity index is 3310. The van der Waals surface area contributed by atoms with Crippen LogP contribution >= 0.6 is 0 Å². The van der Waals surface area contributed by atoms with Crippen LogP contribution < -0.4 is 0 Å². The highest BCUT2D eigenvalue weighted by atomic mass is 14.2. The number of fused-ring (bicyclic) bond motifs is 3. The molecular weight excluding hydrogens is 721 g/mol. The summed E-state index contributed by atoms with van der Waals surface area (Å²) < 4.78 is 0. The summed E-state index contributed by atoms with van der Waals surface area (Å²) in [6.07, 6.45) is 0. The van der Waals surface area contributed by atoms with Crippen LogP contribution in [0.4, 0.5) is 0 Å². The van der Waals surface area contributed by atoms with Crippen LogP contribution in [-0.4, -0.2) is 0 Å². The van der Waals surface area contributed by atoms with Gasteiger partial charge in [-0.05, 0) is 134 Å². The molecule has 11 aromatic carbocycles. The van der Waals surface area contributed by atoms with Gasteiger partial charge in [0.15, 0.2) is 0 Å². The Morgan fingerprint density at radius 2 is 0.450 bits per heavy atom. The van der Waals surface area contributed by atoms with E-state index in [9.17, 15) is 0 Å². The maximum atomic E-state index is 2.36. The van der Waals surface area contributed by atoms with Crippen molar-refractivity contribution < 1.29 is 0 Å². The van der Waals surface area contributed by atoms with E-state index in [-0.39, 0.29) is 0 Å². The third-order valence-corrected chi connectivity index (χ3v) is 12.1. The SMILES string of the molecule is c1ccc(-c2ccc3cc(-c4ccc(-c5ccc6cc(-c7ccc8c(-c9ccccc9)c(-c9ccccc9)ccc8c7-c7ccccc7)ccc6c5)cc4)ccc3c2)cc1. The lowest BCUT2D eigenvalue weighted by Crippen LogP contribution is -1.93. The Morgan fingerprint density at radius 1 is 0.167 bits per heavy atom. The maximum Gasteiger partial charge on any atom is -0.00266 e. The third kappa shape index (κ3) is 6.55. The maximum absolute atomic E-state index is 2.36. The first kappa shape index (κ1) is 35.4. The standard InChI is InChI=1S/C60H40/c1-5-13-41(14-6-1)47-25-28-51-38-48(26-29-50(51)37-47)42-21-23-43(24-22-42)49-27-30-53-40-54(32-31-52(53)39-49)56-34-36-57-58(60(56)46-19-11-4-12-20-46)35-33-55(44-15-7-2-8-16-44)59(57)45-17-9-3-10-18-45/h1-40H.